The van der Waals surface area contributed by atoms with E-state index in [0.29, 0.717) is 10.7 Å². The van der Waals surface area contributed by atoms with Crippen LogP contribution in [0.15, 0.2) is 59.1 Å². The van der Waals surface area contributed by atoms with Crippen molar-refractivity contribution in [2.24, 2.45) is 0 Å². The van der Waals surface area contributed by atoms with Gasteiger partial charge >= 0.3 is 0 Å². The van der Waals surface area contributed by atoms with E-state index in [2.05, 4.69) is 39.6 Å². The van der Waals surface area contributed by atoms with E-state index in [0.717, 1.165) is 38.5 Å². The van der Waals surface area contributed by atoms with Gasteiger partial charge in [-0.2, -0.15) is 0 Å². The molecule has 0 unspecified atom stereocenters. The summed E-state index contributed by atoms with van der Waals surface area (Å²) in [4.78, 5) is 12.8. The van der Waals surface area contributed by atoms with E-state index in [4.69, 9.17) is 12.2 Å². The van der Waals surface area contributed by atoms with Crippen LogP contribution in [0.25, 0.3) is 10.8 Å². The number of aryl methyl sites for hydroxylation is 2. The van der Waals surface area contributed by atoms with Crippen molar-refractivity contribution in [2.75, 3.05) is 5.32 Å². The molecule has 1 amide bonds. The van der Waals surface area contributed by atoms with E-state index in [1.54, 1.807) is 6.07 Å². The molecule has 132 valence electrons. The molecular weight excluding hydrogens is 408 g/mol. The molecule has 5 heteroatoms. The molecule has 0 aliphatic rings. The van der Waals surface area contributed by atoms with Gasteiger partial charge in [0.1, 0.15) is 0 Å². The molecule has 3 rings (SSSR count). The van der Waals surface area contributed by atoms with Crippen LogP contribution in [0.3, 0.4) is 0 Å². The molecule has 2 N–H and O–H groups in total. The van der Waals surface area contributed by atoms with Crippen LogP contribution in [0, 0.1) is 6.92 Å². The molecule has 0 aromatic heterocycles. The third-order valence-electron chi connectivity index (χ3n) is 4.32. The maximum atomic E-state index is 12.8. The number of fused-ring (bicyclic) bond motifs is 1. The molecule has 0 fully saturated rings. The van der Waals surface area contributed by atoms with E-state index in [1.165, 1.54) is 0 Å². The third-order valence-corrected chi connectivity index (χ3v) is 5.21. The quantitative estimate of drug-likeness (QED) is 0.535. The Labute approximate surface area is 166 Å². The Morgan fingerprint density at radius 3 is 2.50 bits per heavy atom. The Kier molecular flexibility index (Phi) is 5.69. The van der Waals surface area contributed by atoms with Crippen LogP contribution in [-0.2, 0) is 6.42 Å². The zero-order chi connectivity index (χ0) is 18.7. The standard InChI is InChI=1S/C21H19BrN2OS/c1-3-14-8-4-7-13(2)19(14)23-21(26)24-20(25)17-11-5-10-16-15(17)9-6-12-18(16)22/h4-12H,3H2,1-2H3,(H2,23,24,25,26). The van der Waals surface area contributed by atoms with Crippen LogP contribution in [0.4, 0.5) is 5.69 Å². The number of halogens is 1. The number of nitrogens with one attached hydrogen (secondary N) is 2. The highest BCUT2D eigenvalue weighted by Gasteiger charge is 2.13. The minimum atomic E-state index is -0.224. The highest BCUT2D eigenvalue weighted by Crippen LogP contribution is 2.26. The fourth-order valence-corrected chi connectivity index (χ4v) is 3.68. The zero-order valence-corrected chi connectivity index (χ0v) is 17.0. The molecule has 0 spiro atoms. The van der Waals surface area contributed by atoms with Crippen LogP contribution >= 0.6 is 28.1 Å². The summed E-state index contributed by atoms with van der Waals surface area (Å²) in [6.07, 6.45) is 0.887. The number of thiocarbonyl (C=S) groups is 1. The van der Waals surface area contributed by atoms with Crippen molar-refractivity contribution in [3.63, 3.8) is 0 Å². The van der Waals surface area contributed by atoms with Gasteiger partial charge in [0, 0.05) is 15.7 Å². The molecule has 0 bridgehead atoms. The lowest BCUT2D eigenvalue weighted by Gasteiger charge is -2.15. The van der Waals surface area contributed by atoms with Crippen molar-refractivity contribution < 1.29 is 4.79 Å². The molecular formula is C21H19BrN2OS. The van der Waals surface area contributed by atoms with E-state index >= 15 is 0 Å². The second kappa shape index (κ2) is 7.98. The first-order chi connectivity index (χ1) is 12.5. The van der Waals surface area contributed by atoms with Gasteiger partial charge in [0.15, 0.2) is 5.11 Å². The highest BCUT2D eigenvalue weighted by atomic mass is 79.9. The van der Waals surface area contributed by atoms with Gasteiger partial charge in [0.2, 0.25) is 0 Å². The van der Waals surface area contributed by atoms with Crippen molar-refractivity contribution in [3.05, 3.63) is 75.8 Å². The summed E-state index contributed by atoms with van der Waals surface area (Å²) in [5.74, 6) is -0.224. The van der Waals surface area contributed by atoms with Crippen LogP contribution in [-0.4, -0.2) is 11.0 Å². The fourth-order valence-electron chi connectivity index (χ4n) is 2.99. The van der Waals surface area contributed by atoms with E-state index in [-0.39, 0.29) is 5.91 Å². The van der Waals surface area contributed by atoms with E-state index in [9.17, 15) is 4.79 Å². The van der Waals surface area contributed by atoms with Gasteiger partial charge in [-0.15, -0.1) is 0 Å². The first kappa shape index (κ1) is 18.5. The topological polar surface area (TPSA) is 41.1 Å². The largest absolute Gasteiger partial charge is 0.332 e. The highest BCUT2D eigenvalue weighted by molar-refractivity contribution is 9.10. The van der Waals surface area contributed by atoms with Crippen LogP contribution in [0.1, 0.15) is 28.4 Å². The summed E-state index contributed by atoms with van der Waals surface area (Å²) in [6, 6.07) is 17.6. The Hall–Kier alpha value is -2.24. The van der Waals surface area contributed by atoms with Crippen LogP contribution < -0.4 is 10.6 Å². The maximum Gasteiger partial charge on any atom is 0.258 e. The molecule has 0 saturated heterocycles. The Morgan fingerprint density at radius 1 is 1.04 bits per heavy atom. The van der Waals surface area contributed by atoms with Gasteiger partial charge < -0.3 is 5.32 Å². The first-order valence-electron chi connectivity index (χ1n) is 8.39. The number of carbonyl (C=O) groups excluding carboxylic acids is 1. The lowest BCUT2D eigenvalue weighted by atomic mass is 10.0. The molecule has 0 aliphatic carbocycles. The van der Waals surface area contributed by atoms with Crippen molar-refractivity contribution in [2.45, 2.75) is 20.3 Å². The molecule has 3 aromatic carbocycles. The number of para-hydroxylation sites is 1. The first-order valence-corrected chi connectivity index (χ1v) is 9.59. The molecule has 0 aliphatic heterocycles. The summed E-state index contributed by atoms with van der Waals surface area (Å²) in [5, 5.41) is 8.15. The number of amides is 1. The predicted octanol–water partition coefficient (Wildman–Crippen LogP) is 5.60. The zero-order valence-electron chi connectivity index (χ0n) is 14.6. The second-order valence-corrected chi connectivity index (χ2v) is 7.27. The van der Waals surface area contributed by atoms with Crippen molar-refractivity contribution >= 4 is 55.6 Å². The lowest BCUT2D eigenvalue weighted by molar-refractivity contribution is 0.0979. The third kappa shape index (κ3) is 3.79. The fraction of sp³-hybridized carbons (Fsp3) is 0.143. The van der Waals surface area contributed by atoms with E-state index in [1.807, 2.05) is 49.4 Å². The smallest absolute Gasteiger partial charge is 0.258 e. The molecule has 3 nitrogen and oxygen atoms in total. The minimum Gasteiger partial charge on any atom is -0.332 e. The predicted molar refractivity (Wildman–Crippen MR) is 116 cm³/mol. The Morgan fingerprint density at radius 2 is 1.73 bits per heavy atom. The van der Waals surface area contributed by atoms with Crippen LogP contribution in [0.2, 0.25) is 0 Å². The van der Waals surface area contributed by atoms with Gasteiger partial charge in [-0.1, -0.05) is 65.3 Å². The van der Waals surface area contributed by atoms with Gasteiger partial charge in [0.05, 0.1) is 0 Å². The summed E-state index contributed by atoms with van der Waals surface area (Å²) in [6.45, 7) is 4.11. The van der Waals surface area contributed by atoms with Crippen molar-refractivity contribution in [1.29, 1.82) is 0 Å². The molecule has 0 atom stereocenters. The number of carbonyl (C=O) groups is 1. The van der Waals surface area contributed by atoms with Gasteiger partial charge in [-0.05, 0) is 59.6 Å². The van der Waals surface area contributed by atoms with Crippen LogP contribution in [0.5, 0.6) is 0 Å². The number of hydrogen-bond acceptors (Lipinski definition) is 2. The summed E-state index contributed by atoms with van der Waals surface area (Å²) in [5.41, 5.74) is 3.81. The van der Waals surface area contributed by atoms with E-state index < -0.39 is 0 Å². The van der Waals surface area contributed by atoms with Gasteiger partial charge in [0.25, 0.3) is 5.91 Å². The SMILES string of the molecule is CCc1cccc(C)c1NC(=S)NC(=O)c1cccc2c(Br)cccc12. The number of benzene rings is 3. The van der Waals surface area contributed by atoms with Gasteiger partial charge in [-0.25, -0.2) is 0 Å². The molecule has 0 saturated carbocycles. The maximum absolute atomic E-state index is 12.8. The van der Waals surface area contributed by atoms with Gasteiger partial charge in [-0.3, -0.25) is 10.1 Å². The molecule has 0 radical (unpaired) electrons. The molecule has 3 aromatic rings. The minimum absolute atomic E-state index is 0.224. The second-order valence-electron chi connectivity index (χ2n) is 6.01. The Bertz CT molecular complexity index is 1000. The lowest BCUT2D eigenvalue weighted by Crippen LogP contribution is -2.34. The average Bonchev–Trinajstić information content (AvgIpc) is 2.63. The molecule has 26 heavy (non-hydrogen) atoms. The summed E-state index contributed by atoms with van der Waals surface area (Å²) in [7, 11) is 0. The summed E-state index contributed by atoms with van der Waals surface area (Å²) < 4.78 is 0.956. The monoisotopic (exact) mass is 426 g/mol. The number of rotatable bonds is 3. The number of anilines is 1. The number of hydrogen-bond donors (Lipinski definition) is 2. The van der Waals surface area contributed by atoms with Crippen molar-refractivity contribution in [1.82, 2.24) is 5.32 Å². The normalized spacial score (nSPS) is 10.6. The Balaban J connectivity index is 1.83. The summed E-state index contributed by atoms with van der Waals surface area (Å²) >= 11 is 8.90. The van der Waals surface area contributed by atoms with Crippen molar-refractivity contribution in [3.8, 4) is 0 Å². The molecule has 0 heterocycles. The average molecular weight is 427 g/mol.